The molecule has 0 unspecified atom stereocenters. The van der Waals surface area contributed by atoms with Crippen LogP contribution in [0.4, 0.5) is 24.5 Å². The molecule has 0 saturated carbocycles. The molecule has 3 rings (SSSR count). The number of para-hydroxylation sites is 1. The van der Waals surface area contributed by atoms with Gasteiger partial charge in [-0.3, -0.25) is 0 Å². The van der Waals surface area contributed by atoms with Crippen LogP contribution in [0.3, 0.4) is 0 Å². The molecule has 0 atom stereocenters. The summed E-state index contributed by atoms with van der Waals surface area (Å²) in [5.74, 6) is -1.25. The third-order valence-electron chi connectivity index (χ3n) is 3.96. The number of alkyl halides is 3. The molecular formula is C18H15F3N2O3. The lowest BCUT2D eigenvalue weighted by Crippen LogP contribution is -2.12. The monoisotopic (exact) mass is 364 g/mol. The van der Waals surface area contributed by atoms with Crippen molar-refractivity contribution >= 4 is 28.2 Å². The number of carbonyl (C=O) groups is 1. The van der Waals surface area contributed by atoms with Crippen LogP contribution in [0, 0.1) is 0 Å². The third kappa shape index (κ3) is 3.23. The smallest absolute Gasteiger partial charge is 0.416 e. The SMILES string of the molecule is O=C(O)c1c(Nc2cccc(C(F)(F)F)c2)c2ccccc2n1CCO. The van der Waals surface area contributed by atoms with Crippen molar-refractivity contribution in [3.05, 3.63) is 59.8 Å². The molecule has 0 amide bonds. The van der Waals surface area contributed by atoms with Gasteiger partial charge < -0.3 is 20.1 Å². The number of aromatic carboxylic acids is 1. The Balaban J connectivity index is 2.16. The number of nitrogens with zero attached hydrogens (tertiary/aromatic N) is 1. The van der Waals surface area contributed by atoms with E-state index >= 15 is 0 Å². The first-order valence-corrected chi connectivity index (χ1v) is 7.72. The maximum atomic E-state index is 12.9. The van der Waals surface area contributed by atoms with Gasteiger partial charge in [0, 0.05) is 17.6 Å². The number of fused-ring (bicyclic) bond motifs is 1. The number of carboxylic acid groups (broad SMARTS) is 1. The highest BCUT2D eigenvalue weighted by molar-refractivity contribution is 6.07. The second-order valence-corrected chi connectivity index (χ2v) is 5.62. The van der Waals surface area contributed by atoms with E-state index in [1.54, 1.807) is 24.3 Å². The Hall–Kier alpha value is -3.00. The molecule has 3 aromatic rings. The standard InChI is InChI=1S/C18H15F3N2O3/c19-18(20,21)11-4-3-5-12(10-11)22-15-13-6-1-2-7-14(13)23(8-9-24)16(15)17(25)26/h1-7,10,22,24H,8-9H2,(H,25,26). The minimum Gasteiger partial charge on any atom is -0.477 e. The average molecular weight is 364 g/mol. The number of aliphatic hydroxyl groups is 1. The van der Waals surface area contributed by atoms with E-state index in [0.29, 0.717) is 10.9 Å². The predicted molar refractivity (Wildman–Crippen MR) is 90.7 cm³/mol. The number of anilines is 2. The summed E-state index contributed by atoms with van der Waals surface area (Å²) < 4.78 is 40.2. The minimum atomic E-state index is -4.50. The van der Waals surface area contributed by atoms with Gasteiger partial charge in [0.2, 0.25) is 0 Å². The number of nitrogens with one attached hydrogen (secondary N) is 1. The number of aromatic nitrogens is 1. The largest absolute Gasteiger partial charge is 0.477 e. The molecule has 0 aliphatic heterocycles. The summed E-state index contributed by atoms with van der Waals surface area (Å²) in [6.07, 6.45) is -4.50. The van der Waals surface area contributed by atoms with E-state index in [0.717, 1.165) is 12.1 Å². The van der Waals surface area contributed by atoms with Gasteiger partial charge in [-0.05, 0) is 24.3 Å². The van der Waals surface area contributed by atoms with Gasteiger partial charge in [0.1, 0.15) is 0 Å². The average Bonchev–Trinajstić information content (AvgIpc) is 2.89. The molecule has 1 aromatic heterocycles. The minimum absolute atomic E-state index is 0.0480. The first-order valence-electron chi connectivity index (χ1n) is 7.72. The summed E-state index contributed by atoms with van der Waals surface area (Å²) >= 11 is 0. The van der Waals surface area contributed by atoms with Gasteiger partial charge in [0.05, 0.1) is 23.4 Å². The number of hydrogen-bond donors (Lipinski definition) is 3. The zero-order chi connectivity index (χ0) is 18.9. The summed E-state index contributed by atoms with van der Waals surface area (Å²) in [5, 5.41) is 22.2. The van der Waals surface area contributed by atoms with Crippen molar-refractivity contribution in [2.24, 2.45) is 0 Å². The zero-order valence-electron chi connectivity index (χ0n) is 13.4. The molecule has 2 aromatic carbocycles. The molecule has 0 spiro atoms. The van der Waals surface area contributed by atoms with Crippen LogP contribution in [0.1, 0.15) is 16.1 Å². The summed E-state index contributed by atoms with van der Waals surface area (Å²) in [4.78, 5) is 11.8. The van der Waals surface area contributed by atoms with E-state index in [1.165, 1.54) is 16.7 Å². The number of benzene rings is 2. The summed E-state index contributed by atoms with van der Waals surface area (Å²) in [5.41, 5.74) is -0.0975. The zero-order valence-corrected chi connectivity index (χ0v) is 13.4. The lowest BCUT2D eigenvalue weighted by Gasteiger charge is -2.11. The van der Waals surface area contributed by atoms with Crippen LogP contribution in [0.2, 0.25) is 0 Å². The second-order valence-electron chi connectivity index (χ2n) is 5.62. The van der Waals surface area contributed by atoms with Gasteiger partial charge in [-0.25, -0.2) is 4.79 Å². The highest BCUT2D eigenvalue weighted by atomic mass is 19.4. The van der Waals surface area contributed by atoms with Crippen LogP contribution in [0.25, 0.3) is 10.9 Å². The molecule has 0 aliphatic carbocycles. The first kappa shape index (κ1) is 17.8. The van der Waals surface area contributed by atoms with Crippen molar-refractivity contribution in [3.63, 3.8) is 0 Å². The van der Waals surface area contributed by atoms with Gasteiger partial charge in [0.15, 0.2) is 5.69 Å². The molecule has 1 heterocycles. The van der Waals surface area contributed by atoms with Crippen LogP contribution in [0.15, 0.2) is 48.5 Å². The fraction of sp³-hybridized carbons (Fsp3) is 0.167. The van der Waals surface area contributed by atoms with Crippen molar-refractivity contribution in [3.8, 4) is 0 Å². The molecule has 8 heteroatoms. The van der Waals surface area contributed by atoms with Gasteiger partial charge in [-0.1, -0.05) is 24.3 Å². The second kappa shape index (κ2) is 6.72. The molecule has 136 valence electrons. The van der Waals surface area contributed by atoms with Crippen molar-refractivity contribution in [2.75, 3.05) is 11.9 Å². The van der Waals surface area contributed by atoms with E-state index in [-0.39, 0.29) is 30.2 Å². The number of rotatable bonds is 5. The normalized spacial score (nSPS) is 11.7. The third-order valence-corrected chi connectivity index (χ3v) is 3.96. The Morgan fingerprint density at radius 3 is 2.50 bits per heavy atom. The molecule has 0 bridgehead atoms. The Morgan fingerprint density at radius 1 is 1.12 bits per heavy atom. The Bertz CT molecular complexity index is 964. The highest BCUT2D eigenvalue weighted by Crippen LogP contribution is 2.35. The van der Waals surface area contributed by atoms with Crippen molar-refractivity contribution in [2.45, 2.75) is 12.7 Å². The molecule has 0 aliphatic rings. The fourth-order valence-corrected chi connectivity index (χ4v) is 2.90. The fourth-order valence-electron chi connectivity index (χ4n) is 2.90. The lowest BCUT2D eigenvalue weighted by atomic mass is 10.1. The number of halogens is 3. The molecular weight excluding hydrogens is 349 g/mol. The highest BCUT2D eigenvalue weighted by Gasteiger charge is 2.30. The molecule has 0 fully saturated rings. The molecule has 0 saturated heterocycles. The number of carboxylic acids is 1. The van der Waals surface area contributed by atoms with Gasteiger partial charge in [-0.2, -0.15) is 13.2 Å². The van der Waals surface area contributed by atoms with Crippen LogP contribution >= 0.6 is 0 Å². The number of aliphatic hydroxyl groups excluding tert-OH is 1. The number of hydrogen-bond acceptors (Lipinski definition) is 3. The molecule has 3 N–H and O–H groups in total. The van der Waals surface area contributed by atoms with Crippen LogP contribution in [-0.4, -0.2) is 27.4 Å². The summed E-state index contributed by atoms with van der Waals surface area (Å²) in [6.45, 7) is -0.228. The van der Waals surface area contributed by atoms with Gasteiger partial charge >= 0.3 is 12.1 Å². The van der Waals surface area contributed by atoms with Crippen LogP contribution in [0.5, 0.6) is 0 Å². The molecule has 0 radical (unpaired) electrons. The quantitative estimate of drug-likeness (QED) is 0.637. The molecule has 5 nitrogen and oxygen atoms in total. The maximum Gasteiger partial charge on any atom is 0.416 e. The Morgan fingerprint density at radius 2 is 1.85 bits per heavy atom. The Kier molecular flexibility index (Phi) is 4.60. The summed E-state index contributed by atoms with van der Waals surface area (Å²) in [6, 6.07) is 11.3. The van der Waals surface area contributed by atoms with Crippen molar-refractivity contribution in [1.82, 2.24) is 4.57 Å². The van der Waals surface area contributed by atoms with Gasteiger partial charge in [0.25, 0.3) is 0 Å². The van der Waals surface area contributed by atoms with E-state index < -0.39 is 17.7 Å². The van der Waals surface area contributed by atoms with Crippen LogP contribution in [-0.2, 0) is 12.7 Å². The van der Waals surface area contributed by atoms with E-state index in [2.05, 4.69) is 5.32 Å². The van der Waals surface area contributed by atoms with E-state index in [1.807, 2.05) is 0 Å². The van der Waals surface area contributed by atoms with Crippen molar-refractivity contribution in [1.29, 1.82) is 0 Å². The maximum absolute atomic E-state index is 12.9. The Labute approximate surface area is 146 Å². The first-order chi connectivity index (χ1) is 12.3. The van der Waals surface area contributed by atoms with Crippen molar-refractivity contribution < 1.29 is 28.2 Å². The van der Waals surface area contributed by atoms with Gasteiger partial charge in [-0.15, -0.1) is 0 Å². The van der Waals surface area contributed by atoms with E-state index in [4.69, 9.17) is 0 Å². The lowest BCUT2D eigenvalue weighted by molar-refractivity contribution is -0.137. The molecule has 26 heavy (non-hydrogen) atoms. The summed E-state index contributed by atoms with van der Waals surface area (Å²) in [7, 11) is 0. The topological polar surface area (TPSA) is 74.5 Å². The predicted octanol–water partition coefficient (Wildman–Crippen LogP) is 4.09. The van der Waals surface area contributed by atoms with Crippen LogP contribution < -0.4 is 5.32 Å². The van der Waals surface area contributed by atoms with E-state index in [9.17, 15) is 28.2 Å².